The number of carbonyl (C=O) groups is 8. The second-order valence-corrected chi connectivity index (χ2v) is 28.0. The van der Waals surface area contributed by atoms with Gasteiger partial charge in [0.1, 0.15) is 12.7 Å². The largest absolute Gasteiger partial charge is 0.463 e. The molecule has 5 aromatic rings. The lowest BCUT2D eigenvalue weighted by atomic mass is 9.98. The Kier molecular flexibility index (Phi) is 26.3. The normalized spacial score (nSPS) is 14.4. The molecule has 0 radical (unpaired) electrons. The van der Waals surface area contributed by atoms with Crippen LogP contribution in [0, 0.1) is 47.5 Å². The summed E-state index contributed by atoms with van der Waals surface area (Å²) in [7, 11) is -7.73. The average Bonchev–Trinajstić information content (AvgIpc) is 0.884. The van der Waals surface area contributed by atoms with Gasteiger partial charge in [-0.3, -0.25) is 38.4 Å². The first kappa shape index (κ1) is 71.2. The van der Waals surface area contributed by atoms with Crippen LogP contribution in [0.5, 0.6) is 0 Å². The number of hydrogen-bond donors (Lipinski definition) is 4. The van der Waals surface area contributed by atoms with Gasteiger partial charge in [-0.2, -0.15) is 0 Å². The lowest BCUT2D eigenvalue weighted by Crippen LogP contribution is -2.41. The van der Waals surface area contributed by atoms with E-state index in [0.29, 0.717) is 93.9 Å². The maximum Gasteiger partial charge on any atom is 0.313 e. The highest BCUT2D eigenvalue weighted by Crippen LogP contribution is 2.58. The van der Waals surface area contributed by atoms with Crippen molar-refractivity contribution in [2.45, 2.75) is 108 Å². The molecule has 0 heterocycles. The second kappa shape index (κ2) is 33.2. The molecule has 6 rings (SSSR count). The summed E-state index contributed by atoms with van der Waals surface area (Å²) >= 11 is 0. The van der Waals surface area contributed by atoms with E-state index in [1.54, 1.807) is 165 Å². The molecule has 4 amide bonds. The van der Waals surface area contributed by atoms with Gasteiger partial charge in [0, 0.05) is 83.0 Å². The molecule has 0 bridgehead atoms. The van der Waals surface area contributed by atoms with Gasteiger partial charge in [0.2, 0.25) is 25.3 Å². The Balaban J connectivity index is 0.873. The standard InChI is InChI=1S/C69H86N6O13P2/c1-12-74(38-34-70-64(78)66(80)72-62-48(6)41-46(4)60(52(62)10)68(82)89(84,54-25-17-14-18-26-54)55-27-19-15-20-28-55)36-32-58(76)87-43-50(8)86-44-51(9)88-59(77)33-37-75(13-2)39-35-71-65(79)67(81)73-63-49(7)42-47(5)61(53(63)11)69(83)90(85,56-29-21-16-22-30-56)57-31-23-24-45(3)40-57/h14-23,25-31,40-42,45,50-51H,12-13,24,32-39,43-44H2,1-11H3,(H,70,78)(H,71,79)(H,72,80)(H,73,81). The molecule has 0 saturated carbocycles. The number of esters is 2. The molecule has 480 valence electrons. The van der Waals surface area contributed by atoms with Crippen molar-refractivity contribution in [2.75, 3.05) is 76.2 Å². The third-order valence-electron chi connectivity index (χ3n) is 15.8. The molecule has 1 aliphatic rings. The van der Waals surface area contributed by atoms with Crippen LogP contribution in [-0.4, -0.2) is 134 Å². The molecule has 0 aromatic heterocycles. The van der Waals surface area contributed by atoms with Gasteiger partial charge in [-0.05, 0) is 114 Å². The summed E-state index contributed by atoms with van der Waals surface area (Å²) in [5.74, 6) is -4.50. The molecule has 21 heteroatoms. The van der Waals surface area contributed by atoms with Crippen LogP contribution in [0.2, 0.25) is 0 Å². The lowest BCUT2D eigenvalue weighted by Gasteiger charge is -2.25. The fraction of sp³-hybridized carbons (Fsp3) is 0.391. The third-order valence-corrected chi connectivity index (χ3v) is 21.5. The van der Waals surface area contributed by atoms with Crippen molar-refractivity contribution in [1.29, 1.82) is 0 Å². The van der Waals surface area contributed by atoms with E-state index in [2.05, 4.69) is 21.3 Å². The number of allylic oxidation sites excluding steroid dienone is 4. The van der Waals surface area contributed by atoms with Crippen LogP contribution in [0.3, 0.4) is 0 Å². The smallest absolute Gasteiger partial charge is 0.313 e. The number of aryl methyl sites for hydroxylation is 4. The number of carbonyl (C=O) groups excluding carboxylic acids is 8. The lowest BCUT2D eigenvalue weighted by molar-refractivity contribution is -0.154. The van der Waals surface area contributed by atoms with Crippen molar-refractivity contribution in [2.24, 2.45) is 5.92 Å². The zero-order chi connectivity index (χ0) is 65.9. The van der Waals surface area contributed by atoms with Crippen LogP contribution >= 0.6 is 14.3 Å². The van der Waals surface area contributed by atoms with E-state index in [-0.39, 0.29) is 67.6 Å². The van der Waals surface area contributed by atoms with Crippen molar-refractivity contribution < 1.29 is 61.7 Å². The van der Waals surface area contributed by atoms with Crippen molar-refractivity contribution in [1.82, 2.24) is 20.4 Å². The summed E-state index contributed by atoms with van der Waals surface area (Å²) in [6, 6.07) is 29.3. The van der Waals surface area contributed by atoms with Crippen LogP contribution in [0.15, 0.2) is 127 Å². The summed E-state index contributed by atoms with van der Waals surface area (Å²) in [6.45, 7) is 22.1. The van der Waals surface area contributed by atoms with Gasteiger partial charge in [0.15, 0.2) is 0 Å². The van der Waals surface area contributed by atoms with Crippen LogP contribution < -0.4 is 37.2 Å². The fourth-order valence-corrected chi connectivity index (χ4v) is 16.3. The topological polar surface area (TPSA) is 253 Å². The van der Waals surface area contributed by atoms with Gasteiger partial charge in [-0.15, -0.1) is 0 Å². The third kappa shape index (κ3) is 18.2. The van der Waals surface area contributed by atoms with E-state index in [4.69, 9.17) is 14.2 Å². The highest BCUT2D eigenvalue weighted by Gasteiger charge is 2.41. The number of rotatable bonds is 30. The number of anilines is 2. The van der Waals surface area contributed by atoms with Gasteiger partial charge in [-0.25, -0.2) is 0 Å². The minimum Gasteiger partial charge on any atom is -0.463 e. The maximum absolute atomic E-state index is 15.1. The quantitative estimate of drug-likeness (QED) is 0.0190. The molecule has 1 aliphatic carbocycles. The number of amides is 4. The summed E-state index contributed by atoms with van der Waals surface area (Å²) in [4.78, 5) is 111. The molecular formula is C69H86N6O13P2. The zero-order valence-corrected chi connectivity index (χ0v) is 55.4. The first-order chi connectivity index (χ1) is 42.8. The van der Waals surface area contributed by atoms with E-state index in [1.807, 2.05) is 42.7 Å². The number of likely N-dealkylation sites (N-methyl/N-ethyl adjacent to an activating group) is 2. The molecule has 4 atom stereocenters. The van der Waals surface area contributed by atoms with Crippen molar-refractivity contribution in [3.8, 4) is 0 Å². The number of hydrogen-bond acceptors (Lipinski definition) is 15. The molecule has 0 spiro atoms. The fourth-order valence-electron chi connectivity index (χ4n) is 10.9. The van der Waals surface area contributed by atoms with E-state index in [1.165, 1.54) is 0 Å². The number of ether oxygens (including phenoxy) is 3. The molecule has 5 aromatic carbocycles. The molecule has 90 heavy (non-hydrogen) atoms. The van der Waals surface area contributed by atoms with Gasteiger partial charge in [0.25, 0.3) is 0 Å². The highest BCUT2D eigenvalue weighted by atomic mass is 31.2. The average molecular weight is 1270 g/mol. The van der Waals surface area contributed by atoms with Gasteiger partial charge in [0.05, 0.1) is 25.6 Å². The number of benzene rings is 5. The predicted molar refractivity (Wildman–Crippen MR) is 353 cm³/mol. The summed E-state index contributed by atoms with van der Waals surface area (Å²) in [6.07, 6.45) is 5.32. The van der Waals surface area contributed by atoms with E-state index in [0.717, 1.165) is 6.42 Å². The molecule has 0 aliphatic heterocycles. The molecule has 4 N–H and O–H groups in total. The van der Waals surface area contributed by atoms with Crippen LogP contribution in [-0.2, 0) is 52.1 Å². The van der Waals surface area contributed by atoms with Crippen LogP contribution in [0.4, 0.5) is 11.4 Å². The molecular weight excluding hydrogens is 1180 g/mol. The number of nitrogens with zero attached hydrogens (tertiary/aromatic N) is 2. The van der Waals surface area contributed by atoms with E-state index < -0.39 is 73.1 Å². The van der Waals surface area contributed by atoms with Gasteiger partial charge >= 0.3 is 35.6 Å². The monoisotopic (exact) mass is 1270 g/mol. The van der Waals surface area contributed by atoms with Crippen molar-refractivity contribution in [3.63, 3.8) is 0 Å². The maximum atomic E-state index is 15.1. The minimum atomic E-state index is -3.87. The Morgan fingerprint density at radius 2 is 0.967 bits per heavy atom. The summed E-state index contributed by atoms with van der Waals surface area (Å²) in [5, 5.41) is 12.3. The summed E-state index contributed by atoms with van der Waals surface area (Å²) in [5.41, 5.74) is 3.07. The Morgan fingerprint density at radius 1 is 0.544 bits per heavy atom. The Hall–Kier alpha value is -7.92. The highest BCUT2D eigenvalue weighted by molar-refractivity contribution is 7.93. The van der Waals surface area contributed by atoms with Crippen LogP contribution in [0.25, 0.3) is 0 Å². The minimum absolute atomic E-state index is 0.0434. The van der Waals surface area contributed by atoms with Crippen molar-refractivity contribution in [3.05, 3.63) is 171 Å². The zero-order valence-electron chi connectivity index (χ0n) is 53.6. The van der Waals surface area contributed by atoms with Crippen molar-refractivity contribution >= 4 is 88.2 Å². The predicted octanol–water partition coefficient (Wildman–Crippen LogP) is 9.11. The van der Waals surface area contributed by atoms with Crippen LogP contribution in [0.1, 0.15) is 108 Å². The van der Waals surface area contributed by atoms with Gasteiger partial charge in [-0.1, -0.05) is 142 Å². The Morgan fingerprint density at radius 3 is 1.40 bits per heavy atom. The van der Waals surface area contributed by atoms with Gasteiger partial charge < -0.3 is 54.4 Å². The Labute approximate surface area is 528 Å². The Bertz CT molecular complexity index is 3550. The second-order valence-electron chi connectivity index (χ2n) is 22.7. The van der Waals surface area contributed by atoms with E-state index in [9.17, 15) is 42.9 Å². The number of nitrogens with one attached hydrogen (secondary N) is 4. The first-order valence-electron chi connectivity index (χ1n) is 30.5. The molecule has 0 fully saturated rings. The summed E-state index contributed by atoms with van der Waals surface area (Å²) < 4.78 is 46.9. The first-order valence-corrected chi connectivity index (χ1v) is 33.9. The molecule has 0 saturated heterocycles. The molecule has 19 nitrogen and oxygen atoms in total. The molecule has 4 unspecified atom stereocenters. The SMILES string of the molecule is CCN(CCNC(=O)C(=O)Nc1c(C)cc(C)c(C(=O)P(=O)(c2ccccc2)c2ccccc2)c1C)CCC(=O)OCC(C)OCC(C)OC(=O)CCN(CC)CCNC(=O)C(=O)Nc1c(C)cc(C)c(C(=O)P(=O)(C2=CC(C)CC=C2)c2ccccc2)c1C. The van der Waals surface area contributed by atoms with E-state index >= 15 is 4.57 Å².